The van der Waals surface area contributed by atoms with Crippen LogP contribution in [0, 0.1) is 0 Å². The van der Waals surface area contributed by atoms with Crippen LogP contribution < -0.4 is 14.9 Å². The van der Waals surface area contributed by atoms with Gasteiger partial charge < -0.3 is 18.8 Å². The number of nitrogens with one attached hydrogen (secondary N) is 1. The lowest BCUT2D eigenvalue weighted by atomic mass is 9.79. The molecule has 21 heavy (non-hydrogen) atoms. The van der Waals surface area contributed by atoms with Crippen molar-refractivity contribution in [1.82, 2.24) is 0 Å². The largest absolute Gasteiger partial charge is 0.495 e. The van der Waals surface area contributed by atoms with Crippen molar-refractivity contribution in [3.8, 4) is 5.75 Å². The summed E-state index contributed by atoms with van der Waals surface area (Å²) in [5.41, 5.74) is 1.27. The molecule has 1 saturated heterocycles. The monoisotopic (exact) mass is 309 g/mol. The highest BCUT2D eigenvalue weighted by molar-refractivity contribution is 8.00. The highest BCUT2D eigenvalue weighted by Crippen LogP contribution is 2.37. The second-order valence-electron chi connectivity index (χ2n) is 6.08. The zero-order valence-corrected chi connectivity index (χ0v) is 14.5. The second-order valence-corrected chi connectivity index (χ2v) is 7.15. The van der Waals surface area contributed by atoms with Crippen molar-refractivity contribution in [2.24, 2.45) is 0 Å². The number of hydrogen-bond acceptors (Lipinski definition) is 5. The summed E-state index contributed by atoms with van der Waals surface area (Å²) in [5.74, 6) is 1.78. The topological polar surface area (TPSA) is 39.7 Å². The standard InChI is InChI=1S/C15H24BNO3S/c1-7-21-17-12-9-8-11(10-13(12)18-6)16-19-14(2,3)15(4,5)20-16/h8-10,17H,7H2,1-6H3. The molecule has 0 bridgehead atoms. The van der Waals surface area contributed by atoms with Crippen LogP contribution >= 0.6 is 11.9 Å². The van der Waals surface area contributed by atoms with Crippen LogP contribution in [0.15, 0.2) is 18.2 Å². The molecule has 0 atom stereocenters. The molecule has 1 fully saturated rings. The van der Waals surface area contributed by atoms with Crippen molar-refractivity contribution in [3.63, 3.8) is 0 Å². The third-order valence-electron chi connectivity index (χ3n) is 4.08. The maximum Gasteiger partial charge on any atom is 0.494 e. The molecule has 0 saturated carbocycles. The molecule has 1 aliphatic heterocycles. The van der Waals surface area contributed by atoms with Crippen molar-refractivity contribution in [2.75, 3.05) is 17.6 Å². The Hall–Kier alpha value is -0.845. The van der Waals surface area contributed by atoms with E-state index in [1.165, 1.54) is 0 Å². The molecule has 1 aromatic carbocycles. The van der Waals surface area contributed by atoms with Crippen molar-refractivity contribution < 1.29 is 14.0 Å². The molecule has 1 aliphatic rings. The molecule has 0 aliphatic carbocycles. The van der Waals surface area contributed by atoms with Gasteiger partial charge in [-0.05, 0) is 45.3 Å². The van der Waals surface area contributed by atoms with E-state index in [1.54, 1.807) is 19.1 Å². The van der Waals surface area contributed by atoms with E-state index in [-0.39, 0.29) is 18.3 Å². The Bertz CT molecular complexity index is 492. The van der Waals surface area contributed by atoms with E-state index in [9.17, 15) is 0 Å². The summed E-state index contributed by atoms with van der Waals surface area (Å²) in [4.78, 5) is 0. The highest BCUT2D eigenvalue weighted by atomic mass is 32.2. The minimum Gasteiger partial charge on any atom is -0.495 e. The van der Waals surface area contributed by atoms with Crippen LogP contribution in [0.25, 0.3) is 0 Å². The molecule has 0 amide bonds. The van der Waals surface area contributed by atoms with Crippen LogP contribution in [0.2, 0.25) is 0 Å². The van der Waals surface area contributed by atoms with E-state index in [0.717, 1.165) is 22.7 Å². The minimum absolute atomic E-state index is 0.333. The van der Waals surface area contributed by atoms with Gasteiger partial charge in [0.05, 0.1) is 24.0 Å². The lowest BCUT2D eigenvalue weighted by Crippen LogP contribution is -2.41. The van der Waals surface area contributed by atoms with Crippen LogP contribution in [-0.4, -0.2) is 31.2 Å². The third-order valence-corrected chi connectivity index (χ3v) is 4.73. The Morgan fingerprint density at radius 3 is 2.33 bits per heavy atom. The van der Waals surface area contributed by atoms with Gasteiger partial charge in [0.2, 0.25) is 0 Å². The van der Waals surface area contributed by atoms with Gasteiger partial charge in [-0.25, -0.2) is 0 Å². The Labute approximate surface area is 132 Å². The van der Waals surface area contributed by atoms with Gasteiger partial charge in [0.25, 0.3) is 0 Å². The summed E-state index contributed by atoms with van der Waals surface area (Å²) in [6.07, 6.45) is 0. The van der Waals surface area contributed by atoms with Gasteiger partial charge in [0.15, 0.2) is 0 Å². The van der Waals surface area contributed by atoms with Crippen LogP contribution in [0.1, 0.15) is 34.6 Å². The van der Waals surface area contributed by atoms with E-state index in [4.69, 9.17) is 14.0 Å². The van der Waals surface area contributed by atoms with E-state index in [1.807, 2.05) is 18.2 Å². The molecule has 0 radical (unpaired) electrons. The van der Waals surface area contributed by atoms with E-state index in [0.29, 0.717) is 0 Å². The van der Waals surface area contributed by atoms with Crippen LogP contribution in [0.4, 0.5) is 5.69 Å². The first-order valence-corrected chi connectivity index (χ1v) is 8.20. The SMILES string of the molecule is CCSNc1ccc(B2OC(C)(C)C(C)(C)O2)cc1OC. The number of methoxy groups -OCH3 is 1. The van der Waals surface area contributed by atoms with Gasteiger partial charge in [-0.15, -0.1) is 0 Å². The summed E-state index contributed by atoms with van der Waals surface area (Å²) >= 11 is 1.64. The van der Waals surface area contributed by atoms with E-state index < -0.39 is 0 Å². The summed E-state index contributed by atoms with van der Waals surface area (Å²) in [6.45, 7) is 10.3. The number of benzene rings is 1. The maximum atomic E-state index is 6.07. The zero-order chi connectivity index (χ0) is 15.7. The zero-order valence-electron chi connectivity index (χ0n) is 13.6. The molecule has 1 heterocycles. The minimum atomic E-state index is -0.364. The van der Waals surface area contributed by atoms with Crippen LogP contribution in [0.3, 0.4) is 0 Å². The molecule has 0 spiro atoms. The fourth-order valence-corrected chi connectivity index (χ4v) is 2.54. The molecule has 0 aromatic heterocycles. The average Bonchev–Trinajstić information content (AvgIpc) is 2.65. The Kier molecular flexibility index (Phi) is 4.80. The normalized spacial score (nSPS) is 19.6. The molecule has 0 unspecified atom stereocenters. The van der Waals surface area contributed by atoms with Crippen LogP contribution in [0.5, 0.6) is 5.75 Å². The molecular weight excluding hydrogens is 285 g/mol. The molecule has 1 N–H and O–H groups in total. The summed E-state index contributed by atoms with van der Waals surface area (Å²) in [5, 5.41) is 0. The Morgan fingerprint density at radius 2 is 1.81 bits per heavy atom. The molecule has 116 valence electrons. The first kappa shape index (κ1) is 16.5. The fraction of sp³-hybridized carbons (Fsp3) is 0.600. The summed E-state index contributed by atoms with van der Waals surface area (Å²) in [7, 11) is 1.31. The van der Waals surface area contributed by atoms with Crippen molar-refractivity contribution in [1.29, 1.82) is 0 Å². The summed E-state index contributed by atoms with van der Waals surface area (Å²) in [6, 6.07) is 5.99. The number of hydrogen-bond donors (Lipinski definition) is 1. The maximum absolute atomic E-state index is 6.07. The van der Waals surface area contributed by atoms with Gasteiger partial charge in [-0.2, -0.15) is 0 Å². The molecule has 2 rings (SSSR count). The second kappa shape index (κ2) is 6.11. The van der Waals surface area contributed by atoms with Crippen molar-refractivity contribution in [2.45, 2.75) is 45.8 Å². The number of ether oxygens (including phenoxy) is 1. The van der Waals surface area contributed by atoms with Gasteiger partial charge in [-0.3, -0.25) is 0 Å². The predicted octanol–water partition coefficient (Wildman–Crippen LogP) is 3.07. The number of anilines is 1. The predicted molar refractivity (Wildman–Crippen MR) is 90.5 cm³/mol. The third kappa shape index (κ3) is 3.33. The lowest BCUT2D eigenvalue weighted by Gasteiger charge is -2.32. The van der Waals surface area contributed by atoms with Crippen LogP contribution in [-0.2, 0) is 9.31 Å². The van der Waals surface area contributed by atoms with Crippen molar-refractivity contribution >= 4 is 30.2 Å². The fourth-order valence-electron chi connectivity index (χ4n) is 2.07. The first-order valence-electron chi connectivity index (χ1n) is 7.22. The van der Waals surface area contributed by atoms with E-state index >= 15 is 0 Å². The van der Waals surface area contributed by atoms with Gasteiger partial charge in [0, 0.05) is 5.75 Å². The Morgan fingerprint density at radius 1 is 1.19 bits per heavy atom. The van der Waals surface area contributed by atoms with Gasteiger partial charge >= 0.3 is 7.12 Å². The molecular formula is C15H24BNO3S. The Balaban J connectivity index is 2.22. The van der Waals surface area contributed by atoms with Crippen molar-refractivity contribution in [3.05, 3.63) is 18.2 Å². The highest BCUT2D eigenvalue weighted by Gasteiger charge is 2.51. The number of rotatable bonds is 5. The van der Waals surface area contributed by atoms with Gasteiger partial charge in [-0.1, -0.05) is 24.9 Å². The smallest absolute Gasteiger partial charge is 0.494 e. The molecule has 4 nitrogen and oxygen atoms in total. The first-order chi connectivity index (χ1) is 9.80. The quantitative estimate of drug-likeness (QED) is 0.668. The molecule has 6 heteroatoms. The van der Waals surface area contributed by atoms with Gasteiger partial charge in [0.1, 0.15) is 5.75 Å². The molecule has 1 aromatic rings. The summed E-state index contributed by atoms with van der Waals surface area (Å²) < 4.78 is 20.9. The average molecular weight is 309 g/mol. The lowest BCUT2D eigenvalue weighted by molar-refractivity contribution is 0.00578. The van der Waals surface area contributed by atoms with E-state index in [2.05, 4.69) is 39.3 Å².